The van der Waals surface area contributed by atoms with Gasteiger partial charge in [0.2, 0.25) is 0 Å². The van der Waals surface area contributed by atoms with Crippen LogP contribution in [0.4, 0.5) is 32.0 Å². The van der Waals surface area contributed by atoms with Gasteiger partial charge in [0, 0.05) is 43.2 Å². The van der Waals surface area contributed by atoms with Crippen molar-refractivity contribution < 1.29 is 40.7 Å². The fourth-order valence-electron chi connectivity index (χ4n) is 4.95. The number of thioether (sulfide) groups is 1. The second kappa shape index (κ2) is 12.9. The minimum Gasteiger partial charge on any atom is -0.495 e. The molecule has 16 heteroatoms. The molecule has 1 aromatic carbocycles. The summed E-state index contributed by atoms with van der Waals surface area (Å²) in [4.78, 5) is 30.6. The summed E-state index contributed by atoms with van der Waals surface area (Å²) >= 11 is -0.457. The number of hydrogen-bond acceptors (Lipinski definition) is 7. The molecule has 4 rings (SSSR count). The molecule has 0 bridgehead atoms. The number of piperidine rings is 1. The van der Waals surface area contributed by atoms with Crippen molar-refractivity contribution in [1.29, 1.82) is 0 Å². The van der Waals surface area contributed by atoms with E-state index in [-0.39, 0.29) is 45.3 Å². The van der Waals surface area contributed by atoms with E-state index in [2.05, 4.69) is 32.8 Å². The molecular formula is C28H28F6N6O3S. The van der Waals surface area contributed by atoms with Crippen LogP contribution in [-0.4, -0.2) is 84.4 Å². The summed E-state index contributed by atoms with van der Waals surface area (Å²) in [7, 11) is 4.21. The van der Waals surface area contributed by atoms with Gasteiger partial charge in [-0.05, 0) is 25.1 Å². The van der Waals surface area contributed by atoms with Crippen LogP contribution < -0.4 is 20.7 Å². The number of aromatic nitrogens is 2. The van der Waals surface area contributed by atoms with Gasteiger partial charge >= 0.3 is 5.51 Å². The van der Waals surface area contributed by atoms with Gasteiger partial charge in [0.05, 0.1) is 49.3 Å². The van der Waals surface area contributed by atoms with Crippen LogP contribution in [0.15, 0.2) is 35.6 Å². The zero-order valence-electron chi connectivity index (χ0n) is 23.9. The lowest BCUT2D eigenvalue weighted by Crippen LogP contribution is -2.61. The first-order valence-electron chi connectivity index (χ1n) is 13.1. The Morgan fingerprint density at radius 2 is 1.93 bits per heavy atom. The molecule has 0 spiro atoms. The molecule has 44 heavy (non-hydrogen) atoms. The number of pyridine rings is 1. The molecule has 1 aliphatic rings. The smallest absolute Gasteiger partial charge is 0.447 e. The number of methoxy groups -OCH3 is 1. The number of likely N-dealkylation sites (tertiary alicyclic amines) is 1. The number of nitrogens with one attached hydrogen (secondary N) is 3. The molecule has 0 unspecified atom stereocenters. The Morgan fingerprint density at radius 1 is 1.20 bits per heavy atom. The number of hydrogen-bond donors (Lipinski definition) is 3. The van der Waals surface area contributed by atoms with Crippen molar-refractivity contribution in [3.05, 3.63) is 53.1 Å². The van der Waals surface area contributed by atoms with Gasteiger partial charge in [-0.2, -0.15) is 13.2 Å². The molecule has 0 saturated carbocycles. The number of carbonyl (C=O) groups is 2. The quantitative estimate of drug-likeness (QED) is 0.202. The molecule has 2 amide bonds. The van der Waals surface area contributed by atoms with Crippen LogP contribution in [-0.2, 0) is 0 Å². The molecule has 1 saturated heterocycles. The Kier molecular flexibility index (Phi) is 9.59. The summed E-state index contributed by atoms with van der Waals surface area (Å²) in [5, 5.41) is 7.15. The molecule has 2 aromatic heterocycles. The maximum atomic E-state index is 14.8. The molecule has 0 aliphatic carbocycles. The van der Waals surface area contributed by atoms with Crippen molar-refractivity contribution in [2.45, 2.75) is 29.4 Å². The first kappa shape index (κ1) is 32.8. The monoisotopic (exact) mass is 642 g/mol. The number of imidazole rings is 1. The van der Waals surface area contributed by atoms with Crippen molar-refractivity contribution >= 4 is 34.9 Å². The van der Waals surface area contributed by atoms with Gasteiger partial charge in [0.1, 0.15) is 16.6 Å². The molecule has 3 N–H and O–H groups in total. The predicted molar refractivity (Wildman–Crippen MR) is 152 cm³/mol. The largest absolute Gasteiger partial charge is 0.495 e. The Morgan fingerprint density at radius 3 is 2.57 bits per heavy atom. The number of amides is 2. The van der Waals surface area contributed by atoms with E-state index in [0.29, 0.717) is 6.54 Å². The third kappa shape index (κ3) is 7.33. The van der Waals surface area contributed by atoms with E-state index in [1.165, 1.54) is 37.4 Å². The molecule has 2 atom stereocenters. The minimum absolute atomic E-state index is 0.0859. The van der Waals surface area contributed by atoms with Crippen molar-refractivity contribution in [2.24, 2.45) is 5.92 Å². The van der Waals surface area contributed by atoms with E-state index in [0.717, 1.165) is 16.7 Å². The van der Waals surface area contributed by atoms with Gasteiger partial charge in [-0.15, -0.1) is 0 Å². The van der Waals surface area contributed by atoms with E-state index in [4.69, 9.17) is 4.74 Å². The lowest BCUT2D eigenvalue weighted by molar-refractivity contribution is -0.101. The number of halogens is 6. The van der Waals surface area contributed by atoms with Gasteiger partial charge < -0.3 is 25.6 Å². The molecule has 236 valence electrons. The highest BCUT2D eigenvalue weighted by Gasteiger charge is 2.48. The topological polar surface area (TPSA) is 100 Å². The van der Waals surface area contributed by atoms with Gasteiger partial charge in [-0.25, -0.2) is 18.2 Å². The molecule has 0 radical (unpaired) electrons. The summed E-state index contributed by atoms with van der Waals surface area (Å²) in [5.41, 5.74) is -5.05. The number of nitrogens with zero attached hydrogens (tertiary/aromatic N) is 3. The third-order valence-corrected chi connectivity index (χ3v) is 7.53. The molecule has 1 aliphatic heterocycles. The lowest BCUT2D eigenvalue weighted by Gasteiger charge is -2.41. The summed E-state index contributed by atoms with van der Waals surface area (Å²) < 4.78 is 90.1. The normalized spacial score (nSPS) is 18.3. The fourth-order valence-corrected chi connectivity index (χ4v) is 5.53. The van der Waals surface area contributed by atoms with E-state index < -0.39 is 59.3 Å². The number of rotatable bonds is 7. The lowest BCUT2D eigenvalue weighted by atomic mass is 9.90. The zero-order chi connectivity index (χ0) is 32.4. The number of carbonyl (C=O) groups excluding carboxylic acids is 2. The molecule has 1 fully saturated rings. The SMILES string of the molecule is CNC(=O)c1cc(OC)c(NCC#Cc2cc(C(=O)N[C@H]3[C@H](C)CN(C)CC3(F)F)c3ncc(SC(F)(F)F)n3c2)cc1F. The van der Waals surface area contributed by atoms with Gasteiger partial charge in [-0.3, -0.25) is 14.0 Å². The van der Waals surface area contributed by atoms with Gasteiger partial charge in [0.25, 0.3) is 17.7 Å². The summed E-state index contributed by atoms with van der Waals surface area (Å²) in [6.07, 6.45) is 2.17. The average Bonchev–Trinajstić information content (AvgIpc) is 3.32. The van der Waals surface area contributed by atoms with Crippen LogP contribution >= 0.6 is 11.8 Å². The van der Waals surface area contributed by atoms with Crippen LogP contribution in [0.5, 0.6) is 5.75 Å². The fraction of sp³-hybridized carbons (Fsp3) is 0.393. The highest BCUT2D eigenvalue weighted by molar-refractivity contribution is 8.00. The highest BCUT2D eigenvalue weighted by Crippen LogP contribution is 2.37. The Bertz CT molecular complexity index is 1630. The van der Waals surface area contributed by atoms with Gasteiger partial charge in [0.15, 0.2) is 5.65 Å². The number of anilines is 1. The predicted octanol–water partition coefficient (Wildman–Crippen LogP) is 4.23. The minimum atomic E-state index is -4.67. The number of alkyl halides is 5. The average molecular weight is 643 g/mol. The van der Waals surface area contributed by atoms with Crippen molar-refractivity contribution in [3.63, 3.8) is 0 Å². The second-order valence-corrected chi connectivity index (χ2v) is 11.2. The first-order chi connectivity index (χ1) is 20.6. The Labute approximate surface area is 252 Å². The molecule has 3 aromatic rings. The van der Waals surface area contributed by atoms with Crippen molar-refractivity contribution in [2.75, 3.05) is 46.2 Å². The summed E-state index contributed by atoms with van der Waals surface area (Å²) in [6, 6.07) is 1.99. The summed E-state index contributed by atoms with van der Waals surface area (Å²) in [5.74, 6) is -0.691. The Balaban J connectivity index is 1.65. The number of ether oxygens (including phenoxy) is 1. The third-order valence-electron chi connectivity index (χ3n) is 6.79. The number of benzene rings is 1. The van der Waals surface area contributed by atoms with Crippen LogP contribution in [0.3, 0.4) is 0 Å². The molecule has 3 heterocycles. The molecule has 9 nitrogen and oxygen atoms in total. The van der Waals surface area contributed by atoms with Crippen molar-refractivity contribution in [1.82, 2.24) is 24.9 Å². The van der Waals surface area contributed by atoms with E-state index in [1.54, 1.807) is 14.0 Å². The number of fused-ring (bicyclic) bond motifs is 1. The maximum absolute atomic E-state index is 14.8. The maximum Gasteiger partial charge on any atom is 0.447 e. The van der Waals surface area contributed by atoms with E-state index >= 15 is 0 Å². The molecular weight excluding hydrogens is 614 g/mol. The van der Waals surface area contributed by atoms with Crippen LogP contribution in [0.2, 0.25) is 0 Å². The zero-order valence-corrected chi connectivity index (χ0v) is 24.7. The summed E-state index contributed by atoms with van der Waals surface area (Å²) in [6.45, 7) is 1.18. The highest BCUT2D eigenvalue weighted by atomic mass is 32.2. The van der Waals surface area contributed by atoms with Gasteiger partial charge in [-0.1, -0.05) is 18.8 Å². The van der Waals surface area contributed by atoms with Crippen LogP contribution in [0.1, 0.15) is 33.2 Å². The second-order valence-electron chi connectivity index (χ2n) is 10.1. The van der Waals surface area contributed by atoms with Crippen LogP contribution in [0.25, 0.3) is 5.65 Å². The van der Waals surface area contributed by atoms with Crippen LogP contribution in [0, 0.1) is 23.6 Å². The standard InChI is InChI=1S/C28H28F6N6O3S/c1-15-12-39(3)14-27(30,31)23(15)38-26(42)18-8-16(13-40-22(11-37-24(18)40)44-28(32,33)34)6-5-7-36-20-10-19(29)17(25(41)35-2)9-21(20)43-4/h8-11,13,15,23,36H,7,12,14H2,1-4H3,(H,35,41)(H,38,42)/t15-,23+/m1/s1. The van der Waals surface area contributed by atoms with E-state index in [9.17, 15) is 35.9 Å². The first-order valence-corrected chi connectivity index (χ1v) is 13.9. The van der Waals surface area contributed by atoms with Crippen molar-refractivity contribution in [3.8, 4) is 17.6 Å². The van der Waals surface area contributed by atoms with E-state index in [1.807, 2.05) is 0 Å². The Hall–Kier alpha value is -4.10.